The van der Waals surface area contributed by atoms with E-state index in [9.17, 15) is 17.6 Å². The van der Waals surface area contributed by atoms with Crippen molar-refractivity contribution in [3.63, 3.8) is 0 Å². The van der Waals surface area contributed by atoms with Gasteiger partial charge in [0.15, 0.2) is 11.5 Å². The van der Waals surface area contributed by atoms with E-state index in [0.717, 1.165) is 38.1 Å². The Hall–Kier alpha value is -3.70. The lowest BCUT2D eigenvalue weighted by Gasteiger charge is -2.37. The lowest BCUT2D eigenvalue weighted by molar-refractivity contribution is -0.139. The standard InChI is InChI=1S/C23H21F4N7O/c1-12-28-22(35-32-12)33-10-14-4-5-15(11-33)19(14)29-21-30-20-16(3-2-8-34(20)31-21)13-6-7-18(24)17(9-13)23(25,26)27/h2-3,6-9,14-15,19H,4-5,10-11H2,1H3,(H,29,31)/t14-,15+,19-. The maximum atomic E-state index is 13.8. The summed E-state index contributed by atoms with van der Waals surface area (Å²) in [7, 11) is 0. The quantitative estimate of drug-likeness (QED) is 0.422. The van der Waals surface area contributed by atoms with Crippen LogP contribution in [0, 0.1) is 24.6 Å². The van der Waals surface area contributed by atoms with Crippen molar-refractivity contribution in [3.8, 4) is 11.1 Å². The van der Waals surface area contributed by atoms with Crippen LogP contribution in [-0.4, -0.2) is 43.9 Å². The van der Waals surface area contributed by atoms with E-state index in [2.05, 4.69) is 30.4 Å². The van der Waals surface area contributed by atoms with Gasteiger partial charge in [-0.15, -0.1) is 5.10 Å². The Morgan fingerprint density at radius 2 is 1.86 bits per heavy atom. The SMILES string of the molecule is Cc1noc(N2C[C@H]3CC[C@@H](C2)[C@@H]3Nc2nc3c(-c4ccc(F)c(C(F)(F)F)c4)cccn3n2)n1. The summed E-state index contributed by atoms with van der Waals surface area (Å²) < 4.78 is 60.4. The molecule has 1 aliphatic heterocycles. The molecule has 1 N–H and O–H groups in total. The Morgan fingerprint density at radius 1 is 1.09 bits per heavy atom. The van der Waals surface area contributed by atoms with Gasteiger partial charge in [-0.05, 0) is 61.4 Å². The van der Waals surface area contributed by atoms with E-state index in [1.54, 1.807) is 25.3 Å². The minimum atomic E-state index is -4.79. The first-order valence-electron chi connectivity index (χ1n) is 11.3. The molecule has 2 aliphatic rings. The molecule has 0 radical (unpaired) electrons. The molecule has 0 unspecified atom stereocenters. The van der Waals surface area contributed by atoms with Crippen LogP contribution >= 0.6 is 0 Å². The van der Waals surface area contributed by atoms with Crippen molar-refractivity contribution >= 4 is 17.6 Å². The fourth-order valence-corrected chi connectivity index (χ4v) is 5.28. The number of hydrogen-bond acceptors (Lipinski definition) is 7. The highest BCUT2D eigenvalue weighted by atomic mass is 19.4. The van der Waals surface area contributed by atoms with Crippen molar-refractivity contribution in [2.75, 3.05) is 23.3 Å². The highest BCUT2D eigenvalue weighted by molar-refractivity contribution is 5.78. The Bertz CT molecular complexity index is 1380. The summed E-state index contributed by atoms with van der Waals surface area (Å²) in [6.07, 6.45) is -1.03. The molecule has 6 rings (SSSR count). The molecular weight excluding hydrogens is 466 g/mol. The molecule has 3 aromatic heterocycles. The molecule has 0 amide bonds. The maximum Gasteiger partial charge on any atom is 0.419 e. The molecule has 0 spiro atoms. The molecule has 4 aromatic rings. The zero-order valence-electron chi connectivity index (χ0n) is 18.6. The number of alkyl halides is 3. The average molecular weight is 487 g/mol. The van der Waals surface area contributed by atoms with Crippen LogP contribution in [0.4, 0.5) is 29.5 Å². The first-order valence-corrected chi connectivity index (χ1v) is 11.3. The predicted octanol–water partition coefficient (Wildman–Crippen LogP) is 4.57. The number of aromatic nitrogens is 5. The number of halogens is 4. The average Bonchev–Trinajstić information content (AvgIpc) is 3.48. The number of piperidine rings is 1. The minimum absolute atomic E-state index is 0.152. The summed E-state index contributed by atoms with van der Waals surface area (Å²) in [5, 5.41) is 11.8. The molecule has 182 valence electrons. The first kappa shape index (κ1) is 21.8. The van der Waals surface area contributed by atoms with Crippen molar-refractivity contribution in [1.29, 1.82) is 0 Å². The van der Waals surface area contributed by atoms with Crippen LogP contribution < -0.4 is 10.2 Å². The number of hydrogen-bond donors (Lipinski definition) is 1. The van der Waals surface area contributed by atoms with Crippen LogP contribution in [-0.2, 0) is 6.18 Å². The van der Waals surface area contributed by atoms with E-state index >= 15 is 0 Å². The molecule has 8 nitrogen and oxygen atoms in total. The van der Waals surface area contributed by atoms with E-state index in [-0.39, 0.29) is 11.6 Å². The molecule has 35 heavy (non-hydrogen) atoms. The second kappa shape index (κ2) is 7.92. The fraction of sp³-hybridized carbons (Fsp3) is 0.391. The summed E-state index contributed by atoms with van der Waals surface area (Å²) in [6, 6.07) is 6.96. The molecule has 12 heteroatoms. The Balaban J connectivity index is 1.27. The number of rotatable bonds is 4. The van der Waals surface area contributed by atoms with Gasteiger partial charge in [0, 0.05) is 30.9 Å². The highest BCUT2D eigenvalue weighted by Gasteiger charge is 2.43. The smallest absolute Gasteiger partial charge is 0.349 e. The van der Waals surface area contributed by atoms with Crippen LogP contribution in [0.2, 0.25) is 0 Å². The van der Waals surface area contributed by atoms with Crippen molar-refractivity contribution < 1.29 is 22.1 Å². The van der Waals surface area contributed by atoms with E-state index in [4.69, 9.17) is 4.52 Å². The summed E-state index contributed by atoms with van der Waals surface area (Å²) in [6.45, 7) is 3.32. The summed E-state index contributed by atoms with van der Waals surface area (Å²) in [5.74, 6) is 0.354. The van der Waals surface area contributed by atoms with Crippen LogP contribution in [0.3, 0.4) is 0 Å². The molecule has 1 saturated heterocycles. The third kappa shape index (κ3) is 3.86. The van der Waals surface area contributed by atoms with Gasteiger partial charge >= 0.3 is 12.2 Å². The van der Waals surface area contributed by atoms with E-state index < -0.39 is 17.6 Å². The van der Waals surface area contributed by atoms with Gasteiger partial charge in [0.25, 0.3) is 0 Å². The monoisotopic (exact) mass is 487 g/mol. The molecule has 2 fully saturated rings. The number of benzene rings is 1. The number of nitrogens with zero attached hydrogens (tertiary/aromatic N) is 6. The molecule has 2 bridgehead atoms. The zero-order valence-corrected chi connectivity index (χ0v) is 18.6. The highest BCUT2D eigenvalue weighted by Crippen LogP contribution is 2.40. The molecule has 1 aromatic carbocycles. The van der Waals surface area contributed by atoms with Gasteiger partial charge in [0.05, 0.1) is 5.56 Å². The topological polar surface area (TPSA) is 84.4 Å². The molecule has 4 heterocycles. The normalized spacial score (nSPS) is 22.2. The summed E-state index contributed by atoms with van der Waals surface area (Å²) in [5.41, 5.74) is -0.273. The number of pyridine rings is 1. The lowest BCUT2D eigenvalue weighted by atomic mass is 9.92. The van der Waals surface area contributed by atoms with Crippen LogP contribution in [0.15, 0.2) is 41.1 Å². The molecular formula is C23H21F4N7O. The van der Waals surface area contributed by atoms with Crippen molar-refractivity contribution in [2.45, 2.75) is 32.0 Å². The van der Waals surface area contributed by atoms with Gasteiger partial charge in [-0.3, -0.25) is 0 Å². The van der Waals surface area contributed by atoms with E-state index in [1.165, 1.54) is 10.6 Å². The largest absolute Gasteiger partial charge is 0.419 e. The van der Waals surface area contributed by atoms with Crippen LogP contribution in [0.1, 0.15) is 24.2 Å². The Morgan fingerprint density at radius 3 is 2.54 bits per heavy atom. The Kier molecular flexibility index (Phi) is 4.94. The maximum absolute atomic E-state index is 13.8. The van der Waals surface area contributed by atoms with Gasteiger partial charge in [-0.25, -0.2) is 8.91 Å². The molecule has 3 atom stereocenters. The van der Waals surface area contributed by atoms with E-state index in [1.807, 2.05) is 0 Å². The summed E-state index contributed by atoms with van der Waals surface area (Å²) in [4.78, 5) is 11.0. The lowest BCUT2D eigenvalue weighted by Crippen LogP contribution is -2.48. The van der Waals surface area contributed by atoms with Gasteiger partial charge in [0.1, 0.15) is 5.82 Å². The zero-order chi connectivity index (χ0) is 24.3. The van der Waals surface area contributed by atoms with Gasteiger partial charge in [-0.2, -0.15) is 23.1 Å². The van der Waals surface area contributed by atoms with Gasteiger partial charge in [0.2, 0.25) is 5.95 Å². The van der Waals surface area contributed by atoms with Crippen LogP contribution in [0.25, 0.3) is 16.8 Å². The van der Waals surface area contributed by atoms with Crippen LogP contribution in [0.5, 0.6) is 0 Å². The molecule has 1 aliphatic carbocycles. The second-order valence-electron chi connectivity index (χ2n) is 9.11. The number of fused-ring (bicyclic) bond motifs is 3. The van der Waals surface area contributed by atoms with Crippen molar-refractivity contribution in [2.24, 2.45) is 11.8 Å². The predicted molar refractivity (Wildman–Crippen MR) is 118 cm³/mol. The number of anilines is 2. The third-order valence-corrected chi connectivity index (χ3v) is 6.86. The van der Waals surface area contributed by atoms with Crippen molar-refractivity contribution in [1.82, 2.24) is 24.7 Å². The third-order valence-electron chi connectivity index (χ3n) is 6.86. The number of aryl methyl sites for hydroxylation is 1. The fourth-order valence-electron chi connectivity index (χ4n) is 5.28. The molecule has 1 saturated carbocycles. The Labute approximate surface area is 197 Å². The second-order valence-corrected chi connectivity index (χ2v) is 9.11. The minimum Gasteiger partial charge on any atom is -0.349 e. The van der Waals surface area contributed by atoms with Gasteiger partial charge < -0.3 is 14.7 Å². The van der Waals surface area contributed by atoms with E-state index in [0.29, 0.717) is 40.8 Å². The first-order chi connectivity index (χ1) is 16.8. The summed E-state index contributed by atoms with van der Waals surface area (Å²) >= 11 is 0. The van der Waals surface area contributed by atoms with Crippen molar-refractivity contribution in [3.05, 3.63) is 53.7 Å². The van der Waals surface area contributed by atoms with Gasteiger partial charge in [-0.1, -0.05) is 11.2 Å². The number of nitrogens with one attached hydrogen (secondary N) is 1.